The fraction of sp³-hybridized carbons (Fsp3) is 0.267. The summed E-state index contributed by atoms with van der Waals surface area (Å²) in [5.74, 6) is 0.107. The van der Waals surface area contributed by atoms with Crippen LogP contribution in [0.2, 0.25) is 0 Å². The Kier molecular flexibility index (Phi) is 5.09. The first-order valence-corrected chi connectivity index (χ1v) is 6.59. The van der Waals surface area contributed by atoms with Gasteiger partial charge in [-0.3, -0.25) is 0 Å². The summed E-state index contributed by atoms with van der Waals surface area (Å²) in [6.45, 7) is 2.65. The second-order valence-electron chi connectivity index (χ2n) is 4.27. The van der Waals surface area contributed by atoms with Gasteiger partial charge in [0.1, 0.15) is 18.5 Å². The highest BCUT2D eigenvalue weighted by atomic mass is 16.5. The lowest BCUT2D eigenvalue weighted by molar-refractivity contribution is 0.0692. The Morgan fingerprint density at radius 1 is 1.24 bits per heavy atom. The quantitative estimate of drug-likeness (QED) is 0.843. The highest BCUT2D eigenvalue weighted by Gasteiger charge is 2.13. The minimum absolute atomic E-state index is 0.0319. The van der Waals surface area contributed by atoms with E-state index in [1.807, 2.05) is 25.1 Å². The maximum Gasteiger partial charge on any atom is 0.339 e. The van der Waals surface area contributed by atoms with Gasteiger partial charge in [-0.05, 0) is 18.6 Å². The number of aromatic nitrogens is 2. The molecule has 0 unspecified atom stereocenters. The summed E-state index contributed by atoms with van der Waals surface area (Å²) in [4.78, 5) is 18.7. The summed E-state index contributed by atoms with van der Waals surface area (Å²) in [5.41, 5.74) is 0.354. The minimum Gasteiger partial charge on any atom is -0.490 e. The Labute approximate surface area is 122 Å². The molecule has 0 aliphatic carbocycles. The molecule has 0 saturated heterocycles. The molecule has 2 aromatic rings. The Hall–Kier alpha value is -2.63. The molecule has 0 saturated carbocycles. The molecule has 110 valence electrons. The van der Waals surface area contributed by atoms with E-state index in [0.717, 1.165) is 6.42 Å². The summed E-state index contributed by atoms with van der Waals surface area (Å²) in [6, 6.07) is 7.26. The third kappa shape index (κ3) is 3.92. The fourth-order valence-corrected chi connectivity index (χ4v) is 1.70. The van der Waals surface area contributed by atoms with Crippen molar-refractivity contribution in [3.05, 3.63) is 48.0 Å². The standard InChI is InChI=1S/C15H16N2O4/c1-2-7-20-13-5-3-4-6-14(13)21-9-12-11(15(18)19)8-16-10-17-12/h3-6,8,10H,2,7,9H2,1H3,(H,18,19). The van der Waals surface area contributed by atoms with Crippen molar-refractivity contribution in [2.45, 2.75) is 20.0 Å². The normalized spacial score (nSPS) is 10.1. The number of rotatable bonds is 7. The van der Waals surface area contributed by atoms with E-state index in [1.165, 1.54) is 12.5 Å². The average Bonchev–Trinajstić information content (AvgIpc) is 2.52. The van der Waals surface area contributed by atoms with Gasteiger partial charge in [0.05, 0.1) is 12.3 Å². The van der Waals surface area contributed by atoms with Gasteiger partial charge in [0.2, 0.25) is 0 Å². The topological polar surface area (TPSA) is 81.5 Å². The van der Waals surface area contributed by atoms with E-state index >= 15 is 0 Å². The average molecular weight is 288 g/mol. The number of carboxylic acids is 1. The first-order chi connectivity index (χ1) is 10.2. The highest BCUT2D eigenvalue weighted by molar-refractivity contribution is 5.88. The number of para-hydroxylation sites is 2. The lowest BCUT2D eigenvalue weighted by Crippen LogP contribution is -2.09. The van der Waals surface area contributed by atoms with Crippen LogP contribution < -0.4 is 9.47 Å². The van der Waals surface area contributed by atoms with Gasteiger partial charge in [-0.2, -0.15) is 0 Å². The van der Waals surface area contributed by atoms with Gasteiger partial charge in [-0.1, -0.05) is 19.1 Å². The van der Waals surface area contributed by atoms with Crippen LogP contribution in [0.5, 0.6) is 11.5 Å². The van der Waals surface area contributed by atoms with Crippen LogP contribution in [0.4, 0.5) is 0 Å². The number of hydrogen-bond acceptors (Lipinski definition) is 5. The SMILES string of the molecule is CCCOc1ccccc1OCc1ncncc1C(=O)O. The Morgan fingerprint density at radius 2 is 1.95 bits per heavy atom. The second kappa shape index (κ2) is 7.23. The van der Waals surface area contributed by atoms with Crippen molar-refractivity contribution in [1.82, 2.24) is 9.97 Å². The number of aromatic carboxylic acids is 1. The molecule has 0 amide bonds. The zero-order chi connectivity index (χ0) is 15.1. The summed E-state index contributed by atoms with van der Waals surface area (Å²) < 4.78 is 11.2. The van der Waals surface area contributed by atoms with Gasteiger partial charge in [0, 0.05) is 6.20 Å². The molecule has 2 rings (SSSR count). The fourth-order valence-electron chi connectivity index (χ4n) is 1.70. The number of hydrogen-bond donors (Lipinski definition) is 1. The van der Waals surface area contributed by atoms with Crippen molar-refractivity contribution in [3.63, 3.8) is 0 Å². The predicted octanol–water partition coefficient (Wildman–Crippen LogP) is 2.54. The van der Waals surface area contributed by atoms with Crippen LogP contribution in [-0.4, -0.2) is 27.7 Å². The molecule has 1 N–H and O–H groups in total. The molecule has 0 fully saturated rings. The van der Waals surface area contributed by atoms with Gasteiger partial charge < -0.3 is 14.6 Å². The number of benzene rings is 1. The lowest BCUT2D eigenvalue weighted by Gasteiger charge is -2.12. The molecule has 1 heterocycles. The van der Waals surface area contributed by atoms with E-state index in [9.17, 15) is 4.79 Å². The zero-order valence-electron chi connectivity index (χ0n) is 11.7. The first-order valence-electron chi connectivity index (χ1n) is 6.59. The minimum atomic E-state index is -1.08. The van der Waals surface area contributed by atoms with Gasteiger partial charge in [-0.25, -0.2) is 14.8 Å². The molecule has 0 radical (unpaired) electrons. The molecular weight excluding hydrogens is 272 g/mol. The molecule has 1 aromatic carbocycles. The van der Waals surface area contributed by atoms with Crippen molar-refractivity contribution < 1.29 is 19.4 Å². The Bertz CT molecular complexity index is 616. The lowest BCUT2D eigenvalue weighted by atomic mass is 10.2. The summed E-state index contributed by atoms with van der Waals surface area (Å²) in [7, 11) is 0. The largest absolute Gasteiger partial charge is 0.490 e. The van der Waals surface area contributed by atoms with Gasteiger partial charge >= 0.3 is 5.97 Å². The summed E-state index contributed by atoms with van der Waals surface area (Å²) in [5, 5.41) is 9.07. The van der Waals surface area contributed by atoms with Crippen LogP contribution in [0.3, 0.4) is 0 Å². The molecule has 0 spiro atoms. The van der Waals surface area contributed by atoms with E-state index in [1.54, 1.807) is 6.07 Å². The summed E-state index contributed by atoms with van der Waals surface area (Å²) >= 11 is 0. The van der Waals surface area contributed by atoms with Crippen LogP contribution in [0.1, 0.15) is 29.4 Å². The van der Waals surface area contributed by atoms with Crippen LogP contribution >= 0.6 is 0 Å². The Balaban J connectivity index is 2.12. The van der Waals surface area contributed by atoms with Gasteiger partial charge in [0.15, 0.2) is 11.5 Å². The Morgan fingerprint density at radius 3 is 2.62 bits per heavy atom. The third-order valence-electron chi connectivity index (χ3n) is 2.70. The number of carboxylic acid groups (broad SMARTS) is 1. The molecule has 6 nitrogen and oxygen atoms in total. The molecule has 1 aromatic heterocycles. The highest BCUT2D eigenvalue weighted by Crippen LogP contribution is 2.27. The van der Waals surface area contributed by atoms with Crippen molar-refractivity contribution in [2.75, 3.05) is 6.61 Å². The van der Waals surface area contributed by atoms with Crippen LogP contribution in [0.25, 0.3) is 0 Å². The van der Waals surface area contributed by atoms with E-state index in [0.29, 0.717) is 23.8 Å². The van der Waals surface area contributed by atoms with Gasteiger partial charge in [-0.15, -0.1) is 0 Å². The molecule has 0 aliphatic heterocycles. The van der Waals surface area contributed by atoms with Crippen LogP contribution in [0, 0.1) is 0 Å². The van der Waals surface area contributed by atoms with Crippen molar-refractivity contribution in [2.24, 2.45) is 0 Å². The van der Waals surface area contributed by atoms with E-state index < -0.39 is 5.97 Å². The number of ether oxygens (including phenoxy) is 2. The van der Waals surface area contributed by atoms with E-state index in [2.05, 4.69) is 9.97 Å². The molecular formula is C15H16N2O4. The van der Waals surface area contributed by atoms with E-state index in [4.69, 9.17) is 14.6 Å². The molecule has 0 aliphatic rings. The van der Waals surface area contributed by atoms with Crippen molar-refractivity contribution >= 4 is 5.97 Å². The number of nitrogens with zero attached hydrogens (tertiary/aromatic N) is 2. The number of carbonyl (C=O) groups is 1. The molecule has 0 atom stereocenters. The van der Waals surface area contributed by atoms with Crippen molar-refractivity contribution in [1.29, 1.82) is 0 Å². The molecule has 0 bridgehead atoms. The predicted molar refractivity (Wildman–Crippen MR) is 75.6 cm³/mol. The second-order valence-corrected chi connectivity index (χ2v) is 4.27. The van der Waals surface area contributed by atoms with Gasteiger partial charge in [0.25, 0.3) is 0 Å². The van der Waals surface area contributed by atoms with Crippen molar-refractivity contribution in [3.8, 4) is 11.5 Å². The van der Waals surface area contributed by atoms with Crippen LogP contribution in [0.15, 0.2) is 36.8 Å². The van der Waals surface area contributed by atoms with Crippen LogP contribution in [-0.2, 0) is 6.61 Å². The summed E-state index contributed by atoms with van der Waals surface area (Å²) in [6.07, 6.45) is 3.45. The zero-order valence-corrected chi connectivity index (χ0v) is 11.7. The smallest absolute Gasteiger partial charge is 0.339 e. The van der Waals surface area contributed by atoms with E-state index in [-0.39, 0.29) is 12.2 Å². The maximum atomic E-state index is 11.1. The maximum absolute atomic E-state index is 11.1. The third-order valence-corrected chi connectivity index (χ3v) is 2.70. The first kappa shape index (κ1) is 14.8. The monoisotopic (exact) mass is 288 g/mol. The molecule has 21 heavy (non-hydrogen) atoms. The molecule has 6 heteroatoms.